The van der Waals surface area contributed by atoms with Crippen LogP contribution in [0.2, 0.25) is 0 Å². The Labute approximate surface area is 113 Å². The molecule has 0 bridgehead atoms. The van der Waals surface area contributed by atoms with Gasteiger partial charge in [-0.3, -0.25) is 4.79 Å². The summed E-state index contributed by atoms with van der Waals surface area (Å²) in [6.45, 7) is 5.10. The van der Waals surface area contributed by atoms with E-state index in [1.54, 1.807) is 17.0 Å². The van der Waals surface area contributed by atoms with Crippen LogP contribution >= 0.6 is 0 Å². The summed E-state index contributed by atoms with van der Waals surface area (Å²) in [5.41, 5.74) is -0.837. The molecule has 2 unspecified atom stereocenters. The van der Waals surface area contributed by atoms with E-state index in [4.69, 9.17) is 0 Å². The van der Waals surface area contributed by atoms with E-state index in [1.807, 2.05) is 6.92 Å². The Bertz CT molecular complexity index is 486. The van der Waals surface area contributed by atoms with E-state index in [-0.39, 0.29) is 5.56 Å². The topological polar surface area (TPSA) is 67.2 Å². The van der Waals surface area contributed by atoms with Crippen LogP contribution in [-0.4, -0.2) is 26.8 Å². The second-order valence-corrected chi connectivity index (χ2v) is 5.65. The number of hydrogen-bond donors (Lipinski definition) is 2. The van der Waals surface area contributed by atoms with Crippen molar-refractivity contribution >= 4 is 5.82 Å². The van der Waals surface area contributed by atoms with Gasteiger partial charge in [0.15, 0.2) is 5.82 Å². The molecule has 0 aromatic carbocycles. The summed E-state index contributed by atoms with van der Waals surface area (Å²) in [6.07, 6.45) is 7.08. The monoisotopic (exact) mass is 265 g/mol. The fourth-order valence-corrected chi connectivity index (χ4v) is 2.86. The third-order valence-electron chi connectivity index (χ3n) is 3.91. The van der Waals surface area contributed by atoms with E-state index in [1.165, 1.54) is 6.42 Å². The van der Waals surface area contributed by atoms with Gasteiger partial charge in [0.25, 0.3) is 5.56 Å². The third-order valence-corrected chi connectivity index (χ3v) is 3.91. The van der Waals surface area contributed by atoms with Crippen molar-refractivity contribution in [2.45, 2.75) is 51.7 Å². The molecule has 1 saturated carbocycles. The van der Waals surface area contributed by atoms with Gasteiger partial charge in [0.1, 0.15) is 0 Å². The highest BCUT2D eigenvalue weighted by molar-refractivity contribution is 5.31. The van der Waals surface area contributed by atoms with Crippen LogP contribution in [0.4, 0.5) is 5.82 Å². The van der Waals surface area contributed by atoms with E-state index in [0.717, 1.165) is 19.3 Å². The first-order chi connectivity index (χ1) is 9.04. The normalized spacial score (nSPS) is 27.2. The van der Waals surface area contributed by atoms with Crippen molar-refractivity contribution < 1.29 is 5.11 Å². The molecule has 2 rings (SSSR count). The Kier molecular flexibility index (Phi) is 4.24. The molecule has 0 amide bonds. The van der Waals surface area contributed by atoms with Crippen LogP contribution in [0.15, 0.2) is 17.2 Å². The van der Waals surface area contributed by atoms with Crippen LogP contribution in [0.5, 0.6) is 0 Å². The molecule has 1 aromatic rings. The molecule has 1 aliphatic rings. The zero-order valence-electron chi connectivity index (χ0n) is 11.7. The Morgan fingerprint density at radius 2 is 2.42 bits per heavy atom. The summed E-state index contributed by atoms with van der Waals surface area (Å²) < 4.78 is 1.60. The Hall–Kier alpha value is -1.36. The smallest absolute Gasteiger partial charge is 0.293 e. The van der Waals surface area contributed by atoms with Crippen molar-refractivity contribution in [1.82, 2.24) is 9.55 Å². The summed E-state index contributed by atoms with van der Waals surface area (Å²) in [5, 5.41) is 13.5. The standard InChI is InChI=1S/C14H23N3O2/c1-3-17-8-7-15-12(13(17)18)16-10-14(19)6-4-5-11(2)9-14/h7-8,11,19H,3-6,9-10H2,1-2H3,(H,15,16). The highest BCUT2D eigenvalue weighted by atomic mass is 16.3. The number of hydrogen-bond acceptors (Lipinski definition) is 4. The number of anilines is 1. The molecule has 1 heterocycles. The van der Waals surface area contributed by atoms with Gasteiger partial charge in [-0.2, -0.15) is 0 Å². The molecule has 2 atom stereocenters. The molecular weight excluding hydrogens is 242 g/mol. The minimum Gasteiger partial charge on any atom is -0.388 e. The molecule has 0 radical (unpaired) electrons. The lowest BCUT2D eigenvalue weighted by molar-refractivity contribution is -0.000853. The fourth-order valence-electron chi connectivity index (χ4n) is 2.86. The average molecular weight is 265 g/mol. The molecule has 1 aromatic heterocycles. The molecule has 5 heteroatoms. The van der Waals surface area contributed by atoms with Crippen molar-refractivity contribution in [2.75, 3.05) is 11.9 Å². The highest BCUT2D eigenvalue weighted by Crippen LogP contribution is 2.32. The maximum absolute atomic E-state index is 12.0. The number of aliphatic hydroxyl groups is 1. The Balaban J connectivity index is 2.04. The second kappa shape index (κ2) is 5.74. The SMILES string of the molecule is CCn1ccnc(NCC2(O)CCCC(C)C2)c1=O. The summed E-state index contributed by atoms with van der Waals surface area (Å²) in [6, 6.07) is 0. The molecule has 1 aliphatic carbocycles. The quantitative estimate of drug-likeness (QED) is 0.868. The predicted octanol–water partition coefficient (Wildman–Crippen LogP) is 1.62. The largest absolute Gasteiger partial charge is 0.388 e. The molecule has 2 N–H and O–H groups in total. The lowest BCUT2D eigenvalue weighted by Crippen LogP contribution is -2.42. The molecule has 5 nitrogen and oxygen atoms in total. The second-order valence-electron chi connectivity index (χ2n) is 5.65. The van der Waals surface area contributed by atoms with Crippen LogP contribution in [0, 0.1) is 5.92 Å². The zero-order chi connectivity index (χ0) is 13.9. The fraction of sp³-hybridized carbons (Fsp3) is 0.714. The van der Waals surface area contributed by atoms with Crippen LogP contribution in [0.3, 0.4) is 0 Å². The van der Waals surface area contributed by atoms with Crippen LogP contribution in [0.25, 0.3) is 0 Å². The molecule has 0 saturated heterocycles. The van der Waals surface area contributed by atoms with Gasteiger partial charge in [0, 0.05) is 25.5 Å². The first-order valence-corrected chi connectivity index (χ1v) is 7.06. The van der Waals surface area contributed by atoms with Gasteiger partial charge in [0.2, 0.25) is 0 Å². The van der Waals surface area contributed by atoms with Crippen molar-refractivity contribution in [3.63, 3.8) is 0 Å². The van der Waals surface area contributed by atoms with E-state index in [0.29, 0.717) is 24.8 Å². The van der Waals surface area contributed by atoms with Crippen molar-refractivity contribution in [3.8, 4) is 0 Å². The first kappa shape index (κ1) is 14.1. The van der Waals surface area contributed by atoms with E-state index in [2.05, 4.69) is 17.2 Å². The maximum Gasteiger partial charge on any atom is 0.293 e. The summed E-state index contributed by atoms with van der Waals surface area (Å²) in [7, 11) is 0. The van der Waals surface area contributed by atoms with Crippen LogP contribution < -0.4 is 10.9 Å². The average Bonchev–Trinajstić information content (AvgIpc) is 2.37. The van der Waals surface area contributed by atoms with Crippen molar-refractivity contribution in [1.29, 1.82) is 0 Å². The highest BCUT2D eigenvalue weighted by Gasteiger charge is 2.32. The molecule has 0 spiro atoms. The predicted molar refractivity (Wildman–Crippen MR) is 75.2 cm³/mol. The van der Waals surface area contributed by atoms with Crippen molar-refractivity contribution in [2.24, 2.45) is 5.92 Å². The molecular formula is C14H23N3O2. The third kappa shape index (κ3) is 3.35. The van der Waals surface area contributed by atoms with E-state index < -0.39 is 5.60 Å². The number of aryl methyl sites for hydroxylation is 1. The molecule has 106 valence electrons. The van der Waals surface area contributed by atoms with Gasteiger partial charge in [0.05, 0.1) is 5.60 Å². The zero-order valence-corrected chi connectivity index (χ0v) is 11.7. The molecule has 19 heavy (non-hydrogen) atoms. The number of nitrogens with zero attached hydrogens (tertiary/aromatic N) is 2. The minimum atomic E-state index is -0.710. The lowest BCUT2D eigenvalue weighted by Gasteiger charge is -2.35. The Morgan fingerprint density at radius 1 is 1.63 bits per heavy atom. The Morgan fingerprint density at radius 3 is 3.11 bits per heavy atom. The van der Waals surface area contributed by atoms with Crippen LogP contribution in [-0.2, 0) is 6.54 Å². The van der Waals surface area contributed by atoms with Gasteiger partial charge in [-0.15, -0.1) is 0 Å². The lowest BCUT2D eigenvalue weighted by atomic mass is 9.79. The van der Waals surface area contributed by atoms with Gasteiger partial charge in [-0.25, -0.2) is 4.98 Å². The van der Waals surface area contributed by atoms with E-state index in [9.17, 15) is 9.90 Å². The number of aromatic nitrogens is 2. The summed E-state index contributed by atoms with van der Waals surface area (Å²) in [5.74, 6) is 0.868. The maximum atomic E-state index is 12.0. The van der Waals surface area contributed by atoms with E-state index >= 15 is 0 Å². The minimum absolute atomic E-state index is 0.127. The number of rotatable bonds is 4. The summed E-state index contributed by atoms with van der Waals surface area (Å²) in [4.78, 5) is 16.1. The van der Waals surface area contributed by atoms with Gasteiger partial charge in [-0.1, -0.05) is 19.8 Å². The van der Waals surface area contributed by atoms with Crippen LogP contribution in [0.1, 0.15) is 39.5 Å². The van der Waals surface area contributed by atoms with Gasteiger partial charge < -0.3 is 15.0 Å². The van der Waals surface area contributed by atoms with Crippen molar-refractivity contribution in [3.05, 3.63) is 22.7 Å². The molecule has 0 aliphatic heterocycles. The first-order valence-electron chi connectivity index (χ1n) is 7.06. The number of nitrogens with one attached hydrogen (secondary N) is 1. The summed E-state index contributed by atoms with van der Waals surface area (Å²) >= 11 is 0. The van der Waals surface area contributed by atoms with Gasteiger partial charge in [-0.05, 0) is 25.7 Å². The van der Waals surface area contributed by atoms with Gasteiger partial charge >= 0.3 is 0 Å². The molecule has 1 fully saturated rings.